The Kier molecular flexibility index (Phi) is 7.94. The van der Waals surface area contributed by atoms with Gasteiger partial charge >= 0.3 is 0 Å². The van der Waals surface area contributed by atoms with Crippen LogP contribution in [0.15, 0.2) is 67.0 Å². The van der Waals surface area contributed by atoms with Crippen molar-refractivity contribution >= 4 is 30.4 Å². The quantitative estimate of drug-likeness (QED) is 0.251. The average molecular weight is 509 g/mol. The Balaban J connectivity index is 2.34. The summed E-state index contributed by atoms with van der Waals surface area (Å²) in [4.78, 5) is 9.74. The molecule has 0 spiro atoms. The third-order valence-corrected chi connectivity index (χ3v) is 13.3. The molecule has 1 unspecified atom stereocenters. The van der Waals surface area contributed by atoms with Crippen molar-refractivity contribution in [3.63, 3.8) is 0 Å². The van der Waals surface area contributed by atoms with Crippen LogP contribution in [0.25, 0.3) is 0 Å². The van der Waals surface area contributed by atoms with E-state index in [2.05, 4.69) is 113 Å². The van der Waals surface area contributed by atoms with Gasteiger partial charge in [0.15, 0.2) is 0 Å². The molecule has 0 aliphatic heterocycles. The van der Waals surface area contributed by atoms with Gasteiger partial charge in [0, 0.05) is 12.4 Å². The highest BCUT2D eigenvalue weighted by molar-refractivity contribution is 7.60. The lowest BCUT2D eigenvalue weighted by molar-refractivity contribution is 0.701. The molecule has 0 aliphatic carbocycles. The number of hydrogen-bond donors (Lipinski definition) is 0. The van der Waals surface area contributed by atoms with E-state index in [-0.39, 0.29) is 18.2 Å². The van der Waals surface area contributed by atoms with Crippen molar-refractivity contribution in [3.05, 3.63) is 89.5 Å². The number of pyridine rings is 2. The highest BCUT2D eigenvalue weighted by Crippen LogP contribution is 2.62. The standard InChI is InChI=1S/C29H42N2P2Si/c1-27(2,3)33(28(4,5)6)21-22-16-17-23(34(7,8)9)20-24(22)29(32,25-14-10-12-18-30-25)26-15-11-13-19-31-26/h10-20H,21,32H2,1-9H3. The first-order valence-corrected chi connectivity index (χ1v) is 17.8. The van der Waals surface area contributed by atoms with Gasteiger partial charge in [-0.1, -0.05) is 105 Å². The molecule has 3 rings (SSSR count). The van der Waals surface area contributed by atoms with Gasteiger partial charge < -0.3 is 0 Å². The van der Waals surface area contributed by atoms with Crippen LogP contribution in [0.5, 0.6) is 0 Å². The van der Waals surface area contributed by atoms with Crippen molar-refractivity contribution < 1.29 is 0 Å². The van der Waals surface area contributed by atoms with E-state index >= 15 is 0 Å². The molecule has 3 aromatic rings. The third kappa shape index (κ3) is 5.87. The molecule has 0 N–H and O–H groups in total. The highest BCUT2D eigenvalue weighted by atomic mass is 31.1. The zero-order valence-electron chi connectivity index (χ0n) is 22.5. The fourth-order valence-corrected chi connectivity index (χ4v) is 10.1. The Morgan fingerprint density at radius 2 is 1.26 bits per heavy atom. The summed E-state index contributed by atoms with van der Waals surface area (Å²) in [5, 5.41) is 1.47. The number of nitrogens with zero attached hydrogens (tertiary/aromatic N) is 2. The van der Waals surface area contributed by atoms with Crippen LogP contribution >= 0.6 is 17.2 Å². The fourth-order valence-electron chi connectivity index (χ4n) is 4.80. The minimum absolute atomic E-state index is 0.252. The van der Waals surface area contributed by atoms with Gasteiger partial charge in [-0.15, -0.1) is 9.24 Å². The van der Waals surface area contributed by atoms with Gasteiger partial charge in [-0.05, 0) is 51.9 Å². The predicted molar refractivity (Wildman–Crippen MR) is 158 cm³/mol. The molecule has 5 heteroatoms. The van der Waals surface area contributed by atoms with Gasteiger partial charge in [0.25, 0.3) is 0 Å². The maximum Gasteiger partial charge on any atom is 0.0935 e. The molecular weight excluding hydrogens is 466 g/mol. The first kappa shape index (κ1) is 27.2. The highest BCUT2D eigenvalue weighted by Gasteiger charge is 2.40. The topological polar surface area (TPSA) is 25.8 Å². The SMILES string of the molecule is CC(C)(C)P(Cc1ccc([Si](C)(C)C)cc1C(P)(c1ccccn1)c1ccccn1)C(C)(C)C. The molecule has 2 aromatic heterocycles. The van der Waals surface area contributed by atoms with Crippen LogP contribution in [0.3, 0.4) is 0 Å². The van der Waals surface area contributed by atoms with Crippen LogP contribution in [0.4, 0.5) is 0 Å². The van der Waals surface area contributed by atoms with Crippen molar-refractivity contribution in [3.8, 4) is 0 Å². The molecule has 0 saturated heterocycles. The summed E-state index contributed by atoms with van der Waals surface area (Å²) < 4.78 is 0. The van der Waals surface area contributed by atoms with E-state index in [4.69, 9.17) is 9.97 Å². The minimum Gasteiger partial charge on any atom is -0.260 e. The van der Waals surface area contributed by atoms with Gasteiger partial charge in [0.2, 0.25) is 0 Å². The molecule has 2 heterocycles. The Hall–Kier alpha value is -1.40. The lowest BCUT2D eigenvalue weighted by Gasteiger charge is -2.43. The zero-order valence-corrected chi connectivity index (χ0v) is 25.5. The smallest absolute Gasteiger partial charge is 0.0935 e. The normalized spacial score (nSPS) is 13.4. The van der Waals surface area contributed by atoms with Gasteiger partial charge in [0.1, 0.15) is 0 Å². The monoisotopic (exact) mass is 508 g/mol. The largest absolute Gasteiger partial charge is 0.260 e. The molecule has 2 nitrogen and oxygen atoms in total. The van der Waals surface area contributed by atoms with E-state index in [9.17, 15) is 0 Å². The minimum atomic E-state index is -1.53. The van der Waals surface area contributed by atoms with Crippen molar-refractivity contribution in [1.29, 1.82) is 0 Å². The zero-order chi connectivity index (χ0) is 25.4. The van der Waals surface area contributed by atoms with E-state index in [0.29, 0.717) is 0 Å². The molecule has 0 bridgehead atoms. The molecule has 1 aromatic carbocycles. The Bertz CT molecular complexity index is 1040. The molecule has 182 valence electrons. The maximum absolute atomic E-state index is 4.87. The maximum atomic E-state index is 4.87. The van der Waals surface area contributed by atoms with Gasteiger partial charge in [0.05, 0.1) is 24.6 Å². The van der Waals surface area contributed by atoms with Crippen molar-refractivity contribution in [2.75, 3.05) is 0 Å². The molecule has 0 radical (unpaired) electrons. The number of rotatable bonds is 6. The Labute approximate surface area is 212 Å². The second-order valence-electron chi connectivity index (χ2n) is 12.3. The third-order valence-electron chi connectivity index (χ3n) is 6.49. The van der Waals surface area contributed by atoms with Crippen LogP contribution in [0, 0.1) is 0 Å². The van der Waals surface area contributed by atoms with Crippen molar-refractivity contribution in [2.24, 2.45) is 0 Å². The molecule has 0 saturated carbocycles. The van der Waals surface area contributed by atoms with Crippen LogP contribution < -0.4 is 5.19 Å². The summed E-state index contributed by atoms with van der Waals surface area (Å²) in [7, 11) is 1.36. The van der Waals surface area contributed by atoms with Crippen molar-refractivity contribution in [1.82, 2.24) is 9.97 Å². The molecule has 34 heavy (non-hydrogen) atoms. The molecular formula is C29H42N2P2Si. The number of benzene rings is 1. The molecule has 0 amide bonds. The van der Waals surface area contributed by atoms with Crippen LogP contribution in [0.1, 0.15) is 64.1 Å². The van der Waals surface area contributed by atoms with E-state index in [1.807, 2.05) is 24.5 Å². The van der Waals surface area contributed by atoms with E-state index in [0.717, 1.165) is 17.5 Å². The summed E-state index contributed by atoms with van der Waals surface area (Å²) in [6.07, 6.45) is 4.88. The van der Waals surface area contributed by atoms with Crippen LogP contribution in [-0.2, 0) is 11.3 Å². The number of hydrogen-bond acceptors (Lipinski definition) is 2. The van der Waals surface area contributed by atoms with Gasteiger partial charge in [-0.25, -0.2) is 0 Å². The summed E-state index contributed by atoms with van der Waals surface area (Å²) in [5.41, 5.74) is 4.78. The van der Waals surface area contributed by atoms with E-state index < -0.39 is 13.2 Å². The Morgan fingerprint density at radius 3 is 1.65 bits per heavy atom. The molecule has 0 fully saturated rings. The van der Waals surface area contributed by atoms with E-state index in [1.54, 1.807) is 0 Å². The van der Waals surface area contributed by atoms with E-state index in [1.165, 1.54) is 16.3 Å². The second-order valence-corrected chi connectivity index (χ2v) is 22.1. The van der Waals surface area contributed by atoms with Crippen LogP contribution in [-0.4, -0.2) is 28.4 Å². The summed E-state index contributed by atoms with van der Waals surface area (Å²) in [6.45, 7) is 21.7. The van der Waals surface area contributed by atoms with Crippen LogP contribution in [0.2, 0.25) is 19.6 Å². The summed E-state index contributed by atoms with van der Waals surface area (Å²) >= 11 is 0. The van der Waals surface area contributed by atoms with Crippen molar-refractivity contribution in [2.45, 2.75) is 82.8 Å². The lowest BCUT2D eigenvalue weighted by atomic mass is 9.87. The summed E-state index contributed by atoms with van der Waals surface area (Å²) in [5.74, 6) is 0. The van der Waals surface area contributed by atoms with Gasteiger partial charge in [-0.3, -0.25) is 9.97 Å². The Morgan fingerprint density at radius 1 is 0.765 bits per heavy atom. The number of aromatic nitrogens is 2. The first-order valence-electron chi connectivity index (χ1n) is 12.2. The second kappa shape index (κ2) is 9.92. The predicted octanol–water partition coefficient (Wildman–Crippen LogP) is 7.77. The average Bonchev–Trinajstić information content (AvgIpc) is 2.76. The summed E-state index contributed by atoms with van der Waals surface area (Å²) in [6, 6.07) is 19.7. The molecule has 0 aliphatic rings. The first-order chi connectivity index (χ1) is 15.6. The lowest BCUT2D eigenvalue weighted by Crippen LogP contribution is -2.39. The fraction of sp³-hybridized carbons (Fsp3) is 0.448. The molecule has 1 atom stereocenters. The van der Waals surface area contributed by atoms with Gasteiger partial charge in [-0.2, -0.15) is 0 Å².